The van der Waals surface area contributed by atoms with E-state index in [0.29, 0.717) is 5.69 Å². The number of amidine groups is 1. The Balaban J connectivity index is 3.20. The first-order chi connectivity index (χ1) is 6.16. The molecule has 0 aliphatic carbocycles. The molecule has 3 N–H and O–H groups in total. The minimum atomic E-state index is 0.0179. The molecule has 0 saturated carbocycles. The van der Waals surface area contributed by atoms with Crippen LogP contribution in [0.1, 0.15) is 5.69 Å². The topological polar surface area (TPSA) is 74.7 Å². The highest BCUT2D eigenvalue weighted by Gasteiger charge is 2.08. The summed E-state index contributed by atoms with van der Waals surface area (Å²) in [6, 6.07) is 3.64. The predicted octanol–water partition coefficient (Wildman–Crippen LogP) is 0.242. The average molecular weight is 180 g/mol. The number of rotatable bonds is 2. The van der Waals surface area contributed by atoms with Gasteiger partial charge in [-0.3, -0.25) is 4.98 Å². The van der Waals surface area contributed by atoms with E-state index in [1.165, 1.54) is 0 Å². The molecule has 13 heavy (non-hydrogen) atoms. The summed E-state index contributed by atoms with van der Waals surface area (Å²) in [5.74, 6) is 0.0179. The fraction of sp³-hybridized carbons (Fsp3) is 0.250. The minimum Gasteiger partial charge on any atom is -0.409 e. The first kappa shape index (κ1) is 9.31. The molecule has 1 heterocycles. The third-order valence-electron chi connectivity index (χ3n) is 1.62. The molecule has 0 unspecified atom stereocenters. The van der Waals surface area contributed by atoms with Gasteiger partial charge < -0.3 is 15.8 Å². The van der Waals surface area contributed by atoms with Crippen LogP contribution in [0.5, 0.6) is 0 Å². The number of aromatic nitrogens is 1. The Morgan fingerprint density at radius 1 is 1.62 bits per heavy atom. The predicted molar refractivity (Wildman–Crippen MR) is 51.1 cm³/mol. The molecule has 1 rings (SSSR count). The Hall–Kier alpha value is -1.78. The lowest BCUT2D eigenvalue weighted by Crippen LogP contribution is -2.20. The van der Waals surface area contributed by atoms with Crippen LogP contribution in [0.2, 0.25) is 0 Å². The summed E-state index contributed by atoms with van der Waals surface area (Å²) >= 11 is 0. The van der Waals surface area contributed by atoms with E-state index in [4.69, 9.17) is 10.9 Å². The minimum absolute atomic E-state index is 0.0179. The van der Waals surface area contributed by atoms with Gasteiger partial charge >= 0.3 is 0 Å². The van der Waals surface area contributed by atoms with Crippen LogP contribution >= 0.6 is 0 Å². The van der Waals surface area contributed by atoms with Crippen LogP contribution in [0.25, 0.3) is 0 Å². The zero-order chi connectivity index (χ0) is 9.84. The molecule has 0 aliphatic rings. The van der Waals surface area contributed by atoms with Crippen LogP contribution in [-0.2, 0) is 0 Å². The van der Waals surface area contributed by atoms with Gasteiger partial charge in [0.25, 0.3) is 0 Å². The quantitative estimate of drug-likeness (QED) is 0.296. The third kappa shape index (κ3) is 1.87. The third-order valence-corrected chi connectivity index (χ3v) is 1.62. The molecule has 70 valence electrons. The van der Waals surface area contributed by atoms with E-state index in [9.17, 15) is 0 Å². The maximum absolute atomic E-state index is 8.50. The van der Waals surface area contributed by atoms with E-state index in [2.05, 4.69) is 10.1 Å². The van der Waals surface area contributed by atoms with Gasteiger partial charge in [-0.2, -0.15) is 0 Å². The molecule has 0 saturated heterocycles. The molecule has 0 amide bonds. The summed E-state index contributed by atoms with van der Waals surface area (Å²) in [6.07, 6.45) is 1.60. The highest BCUT2D eigenvalue weighted by atomic mass is 16.4. The van der Waals surface area contributed by atoms with Gasteiger partial charge in [0.2, 0.25) is 0 Å². The Morgan fingerprint density at radius 2 is 2.31 bits per heavy atom. The van der Waals surface area contributed by atoms with Gasteiger partial charge in [0.1, 0.15) is 5.69 Å². The van der Waals surface area contributed by atoms with Crippen molar-refractivity contribution in [2.24, 2.45) is 10.9 Å². The van der Waals surface area contributed by atoms with Gasteiger partial charge in [0, 0.05) is 20.3 Å². The second-order valence-electron chi connectivity index (χ2n) is 2.75. The van der Waals surface area contributed by atoms with Gasteiger partial charge in [-0.25, -0.2) is 0 Å². The molecular weight excluding hydrogens is 168 g/mol. The van der Waals surface area contributed by atoms with Gasteiger partial charge in [0.05, 0.1) is 5.69 Å². The number of hydrogen-bond acceptors (Lipinski definition) is 4. The summed E-state index contributed by atoms with van der Waals surface area (Å²) < 4.78 is 0. The number of hydrogen-bond donors (Lipinski definition) is 2. The van der Waals surface area contributed by atoms with E-state index in [0.717, 1.165) is 5.69 Å². The summed E-state index contributed by atoms with van der Waals surface area (Å²) in [6.45, 7) is 0. The molecular formula is C8H12N4O. The van der Waals surface area contributed by atoms with Crippen molar-refractivity contribution in [1.82, 2.24) is 4.98 Å². The van der Waals surface area contributed by atoms with Crippen molar-refractivity contribution in [2.45, 2.75) is 0 Å². The Kier molecular flexibility index (Phi) is 2.69. The zero-order valence-electron chi connectivity index (χ0n) is 7.60. The molecule has 1 aromatic heterocycles. The molecule has 0 fully saturated rings. The summed E-state index contributed by atoms with van der Waals surface area (Å²) in [5, 5.41) is 11.4. The second-order valence-corrected chi connectivity index (χ2v) is 2.75. The van der Waals surface area contributed by atoms with E-state index in [1.807, 2.05) is 25.1 Å². The fourth-order valence-corrected chi connectivity index (χ4v) is 1.00. The number of anilines is 1. The van der Waals surface area contributed by atoms with Crippen molar-refractivity contribution in [3.63, 3.8) is 0 Å². The van der Waals surface area contributed by atoms with Gasteiger partial charge in [-0.1, -0.05) is 5.16 Å². The molecule has 5 heteroatoms. The van der Waals surface area contributed by atoms with E-state index in [-0.39, 0.29) is 5.84 Å². The Morgan fingerprint density at radius 3 is 2.85 bits per heavy atom. The maximum atomic E-state index is 8.50. The van der Waals surface area contributed by atoms with Crippen molar-refractivity contribution in [1.29, 1.82) is 0 Å². The lowest BCUT2D eigenvalue weighted by molar-refractivity contribution is 0.318. The van der Waals surface area contributed by atoms with Crippen molar-refractivity contribution in [2.75, 3.05) is 19.0 Å². The summed E-state index contributed by atoms with van der Waals surface area (Å²) in [5.41, 5.74) is 6.74. The van der Waals surface area contributed by atoms with E-state index >= 15 is 0 Å². The maximum Gasteiger partial charge on any atom is 0.190 e. The lowest BCUT2D eigenvalue weighted by Gasteiger charge is -2.14. The smallest absolute Gasteiger partial charge is 0.190 e. The average Bonchev–Trinajstić information content (AvgIpc) is 2.16. The van der Waals surface area contributed by atoms with Crippen LogP contribution in [0.15, 0.2) is 23.5 Å². The highest BCUT2D eigenvalue weighted by Crippen LogP contribution is 2.14. The van der Waals surface area contributed by atoms with Gasteiger partial charge in [0.15, 0.2) is 5.84 Å². The lowest BCUT2D eigenvalue weighted by atomic mass is 10.2. The number of pyridine rings is 1. The van der Waals surface area contributed by atoms with E-state index < -0.39 is 0 Å². The molecule has 1 aromatic rings. The zero-order valence-corrected chi connectivity index (χ0v) is 7.60. The first-order valence-electron chi connectivity index (χ1n) is 3.77. The van der Waals surface area contributed by atoms with Crippen molar-refractivity contribution in [3.8, 4) is 0 Å². The SMILES string of the molecule is CN(C)c1cccnc1/C(N)=N/O. The Bertz CT molecular complexity index is 322. The standard InChI is InChI=1S/C8H12N4O/c1-12(2)6-4-3-5-10-7(6)8(9)11-13/h3-5,13H,1-2H3,(H2,9,11). The monoisotopic (exact) mass is 180 g/mol. The van der Waals surface area contributed by atoms with Crippen molar-refractivity contribution in [3.05, 3.63) is 24.0 Å². The molecule has 0 bridgehead atoms. The highest BCUT2D eigenvalue weighted by molar-refractivity contribution is 6.00. The molecule has 0 aliphatic heterocycles. The molecule has 0 aromatic carbocycles. The van der Waals surface area contributed by atoms with Gasteiger partial charge in [-0.05, 0) is 12.1 Å². The molecule has 0 spiro atoms. The number of nitrogens with two attached hydrogens (primary N) is 1. The first-order valence-corrected chi connectivity index (χ1v) is 3.77. The van der Waals surface area contributed by atoms with Gasteiger partial charge in [-0.15, -0.1) is 0 Å². The van der Waals surface area contributed by atoms with Crippen LogP contribution in [0, 0.1) is 0 Å². The second kappa shape index (κ2) is 3.75. The molecule has 0 radical (unpaired) electrons. The summed E-state index contributed by atoms with van der Waals surface area (Å²) in [4.78, 5) is 5.86. The normalized spacial score (nSPS) is 11.4. The number of nitrogens with zero attached hydrogens (tertiary/aromatic N) is 3. The summed E-state index contributed by atoms with van der Waals surface area (Å²) in [7, 11) is 3.73. The Labute approximate surface area is 76.5 Å². The molecule has 5 nitrogen and oxygen atoms in total. The largest absolute Gasteiger partial charge is 0.409 e. The number of oxime groups is 1. The molecule has 0 atom stereocenters. The van der Waals surface area contributed by atoms with Crippen LogP contribution in [0.4, 0.5) is 5.69 Å². The van der Waals surface area contributed by atoms with Crippen LogP contribution in [0.3, 0.4) is 0 Å². The van der Waals surface area contributed by atoms with E-state index in [1.54, 1.807) is 12.3 Å². The van der Waals surface area contributed by atoms with Crippen LogP contribution < -0.4 is 10.6 Å². The van der Waals surface area contributed by atoms with Crippen LogP contribution in [-0.4, -0.2) is 30.1 Å². The van der Waals surface area contributed by atoms with Crippen molar-refractivity contribution >= 4 is 11.5 Å². The van der Waals surface area contributed by atoms with Crippen molar-refractivity contribution < 1.29 is 5.21 Å². The fourth-order valence-electron chi connectivity index (χ4n) is 1.00.